The van der Waals surface area contributed by atoms with Crippen LogP contribution in [0.5, 0.6) is 23.0 Å². The second kappa shape index (κ2) is 14.3. The predicted molar refractivity (Wildman–Crippen MR) is 155 cm³/mol. The van der Waals surface area contributed by atoms with Gasteiger partial charge in [-0.2, -0.15) is 5.10 Å². The zero-order chi connectivity index (χ0) is 26.8. The van der Waals surface area contributed by atoms with E-state index in [0.717, 1.165) is 14.7 Å². The lowest BCUT2D eigenvalue weighted by atomic mass is 10.2. The maximum atomic E-state index is 12.6. The molecule has 0 saturated carbocycles. The van der Waals surface area contributed by atoms with Crippen LogP contribution in [0.15, 0.2) is 53.6 Å². The third kappa shape index (κ3) is 8.15. The third-order valence-electron chi connectivity index (χ3n) is 4.90. The Labute approximate surface area is 240 Å². The fourth-order valence-corrected chi connectivity index (χ4v) is 4.52. The van der Waals surface area contributed by atoms with Crippen LogP contribution in [0.25, 0.3) is 0 Å². The van der Waals surface area contributed by atoms with Gasteiger partial charge >= 0.3 is 0 Å². The van der Waals surface area contributed by atoms with Crippen LogP contribution in [0.2, 0.25) is 10.0 Å². The van der Waals surface area contributed by atoms with Crippen molar-refractivity contribution in [1.82, 2.24) is 5.43 Å². The van der Waals surface area contributed by atoms with E-state index >= 15 is 0 Å². The highest BCUT2D eigenvalue weighted by molar-refractivity contribution is 14.1. The Bertz CT molecular complexity index is 1270. The van der Waals surface area contributed by atoms with Gasteiger partial charge in [0.05, 0.1) is 29.6 Å². The molecule has 0 unspecified atom stereocenters. The summed E-state index contributed by atoms with van der Waals surface area (Å²) in [7, 11) is 0. The lowest BCUT2D eigenvalue weighted by molar-refractivity contribution is 0.0954. The van der Waals surface area contributed by atoms with E-state index in [-0.39, 0.29) is 12.5 Å². The normalized spacial score (nSPS) is 10.9. The molecule has 7 nitrogen and oxygen atoms in total. The molecule has 0 saturated heterocycles. The number of benzene rings is 3. The molecule has 0 heterocycles. The highest BCUT2D eigenvalue weighted by Crippen LogP contribution is 2.35. The minimum absolute atomic E-state index is 0.251. The molecule has 0 aliphatic heterocycles. The van der Waals surface area contributed by atoms with Crippen LogP contribution in [0.3, 0.4) is 0 Å². The van der Waals surface area contributed by atoms with Crippen LogP contribution in [0.1, 0.15) is 42.3 Å². The number of nitrogens with zero attached hydrogens (tertiary/aromatic N) is 1. The molecule has 10 heteroatoms. The van der Waals surface area contributed by atoms with Crippen molar-refractivity contribution in [2.75, 3.05) is 19.8 Å². The van der Waals surface area contributed by atoms with Gasteiger partial charge in [0.25, 0.3) is 5.91 Å². The van der Waals surface area contributed by atoms with E-state index in [1.54, 1.807) is 42.6 Å². The molecule has 0 aromatic heterocycles. The van der Waals surface area contributed by atoms with E-state index in [1.807, 2.05) is 32.9 Å². The first-order valence-electron chi connectivity index (χ1n) is 11.6. The van der Waals surface area contributed by atoms with Crippen molar-refractivity contribution in [3.63, 3.8) is 0 Å². The van der Waals surface area contributed by atoms with E-state index in [0.29, 0.717) is 58.4 Å². The van der Waals surface area contributed by atoms with E-state index in [1.165, 1.54) is 0 Å². The molecule has 3 aromatic carbocycles. The second-order valence-electron chi connectivity index (χ2n) is 7.51. The molecule has 196 valence electrons. The Balaban J connectivity index is 1.73. The van der Waals surface area contributed by atoms with Gasteiger partial charge < -0.3 is 18.9 Å². The smallest absolute Gasteiger partial charge is 0.271 e. The standard InChI is InChI=1S/C27H27Cl2IN2O5/c1-4-34-23-10-8-18(13-24(23)35-5-2)27(33)32-31-15-17-11-22(30)26(25(12-17)36-6-3)37-16-19-7-9-20(28)14-21(19)29/h7-15H,4-6,16H2,1-3H3,(H,32,33)/b31-15+. The number of ether oxygens (including phenoxy) is 4. The number of amides is 1. The van der Waals surface area contributed by atoms with Gasteiger partial charge in [0.15, 0.2) is 23.0 Å². The van der Waals surface area contributed by atoms with Crippen molar-refractivity contribution in [2.45, 2.75) is 27.4 Å². The first-order chi connectivity index (χ1) is 17.9. The van der Waals surface area contributed by atoms with Gasteiger partial charge in [-0.05, 0) is 91.4 Å². The number of rotatable bonds is 12. The average molecular weight is 657 g/mol. The summed E-state index contributed by atoms with van der Waals surface area (Å²) in [5.74, 6) is 1.86. The Hall–Kier alpha value is -2.69. The van der Waals surface area contributed by atoms with Gasteiger partial charge in [-0.1, -0.05) is 29.3 Å². The summed E-state index contributed by atoms with van der Waals surface area (Å²) in [4.78, 5) is 12.6. The molecule has 3 aromatic rings. The largest absolute Gasteiger partial charge is 0.490 e. The Morgan fingerprint density at radius 2 is 1.59 bits per heavy atom. The van der Waals surface area contributed by atoms with Gasteiger partial charge in [0.1, 0.15) is 6.61 Å². The third-order valence-corrected chi connectivity index (χ3v) is 6.29. The van der Waals surface area contributed by atoms with Crippen LogP contribution in [-0.2, 0) is 6.61 Å². The Morgan fingerprint density at radius 1 is 0.892 bits per heavy atom. The summed E-state index contributed by atoms with van der Waals surface area (Å²) in [6.45, 7) is 7.30. The first kappa shape index (κ1) is 28.9. The summed E-state index contributed by atoms with van der Waals surface area (Å²) >= 11 is 14.4. The van der Waals surface area contributed by atoms with Gasteiger partial charge in [-0.3, -0.25) is 4.79 Å². The predicted octanol–water partition coefficient (Wildman–Crippen LogP) is 7.14. The average Bonchev–Trinajstić information content (AvgIpc) is 2.86. The second-order valence-corrected chi connectivity index (χ2v) is 9.52. The monoisotopic (exact) mass is 656 g/mol. The van der Waals surface area contributed by atoms with Crippen molar-refractivity contribution in [3.8, 4) is 23.0 Å². The summed E-state index contributed by atoms with van der Waals surface area (Å²) in [6, 6.07) is 13.9. The van der Waals surface area contributed by atoms with Crippen molar-refractivity contribution in [3.05, 3.63) is 78.8 Å². The summed E-state index contributed by atoms with van der Waals surface area (Å²) < 4.78 is 23.8. The van der Waals surface area contributed by atoms with E-state index in [2.05, 4.69) is 33.1 Å². The van der Waals surface area contributed by atoms with Crippen molar-refractivity contribution >= 4 is 57.9 Å². The Morgan fingerprint density at radius 3 is 2.30 bits per heavy atom. The number of halogens is 3. The van der Waals surface area contributed by atoms with Crippen LogP contribution >= 0.6 is 45.8 Å². The fourth-order valence-electron chi connectivity index (χ4n) is 3.28. The molecule has 0 aliphatic carbocycles. The highest BCUT2D eigenvalue weighted by atomic mass is 127. The van der Waals surface area contributed by atoms with Crippen LogP contribution in [0, 0.1) is 3.57 Å². The number of carbonyl (C=O) groups is 1. The Kier molecular flexibility index (Phi) is 11.2. The van der Waals surface area contributed by atoms with E-state index < -0.39 is 0 Å². The minimum Gasteiger partial charge on any atom is -0.490 e. The van der Waals surface area contributed by atoms with E-state index in [4.69, 9.17) is 42.1 Å². The van der Waals surface area contributed by atoms with Crippen molar-refractivity contribution in [1.29, 1.82) is 0 Å². The first-order valence-corrected chi connectivity index (χ1v) is 13.5. The maximum Gasteiger partial charge on any atom is 0.271 e. The summed E-state index contributed by atoms with van der Waals surface area (Å²) in [6.07, 6.45) is 1.54. The van der Waals surface area contributed by atoms with Gasteiger partial charge in [-0.15, -0.1) is 0 Å². The number of hydrazone groups is 1. The fraction of sp³-hybridized carbons (Fsp3) is 0.259. The van der Waals surface area contributed by atoms with Crippen LogP contribution in [0.4, 0.5) is 0 Å². The quantitative estimate of drug-likeness (QED) is 0.127. The number of hydrogen-bond acceptors (Lipinski definition) is 6. The molecule has 0 spiro atoms. The lowest BCUT2D eigenvalue weighted by Crippen LogP contribution is -2.17. The molecule has 1 amide bonds. The molecule has 37 heavy (non-hydrogen) atoms. The summed E-state index contributed by atoms with van der Waals surface area (Å²) in [5, 5.41) is 5.20. The molecule has 0 bridgehead atoms. The number of carbonyl (C=O) groups excluding carboxylic acids is 1. The highest BCUT2D eigenvalue weighted by Gasteiger charge is 2.14. The molecule has 0 atom stereocenters. The number of hydrogen-bond donors (Lipinski definition) is 1. The van der Waals surface area contributed by atoms with Crippen molar-refractivity contribution in [2.24, 2.45) is 5.10 Å². The molecular weight excluding hydrogens is 630 g/mol. The van der Waals surface area contributed by atoms with Crippen LogP contribution in [-0.4, -0.2) is 31.9 Å². The topological polar surface area (TPSA) is 78.4 Å². The molecule has 0 radical (unpaired) electrons. The van der Waals surface area contributed by atoms with Crippen LogP contribution < -0.4 is 24.4 Å². The van der Waals surface area contributed by atoms with Gasteiger partial charge in [-0.25, -0.2) is 5.43 Å². The van der Waals surface area contributed by atoms with Gasteiger partial charge in [0.2, 0.25) is 0 Å². The molecule has 3 rings (SSSR count). The molecular formula is C27H27Cl2IN2O5. The molecule has 0 fully saturated rings. The zero-order valence-corrected chi connectivity index (χ0v) is 24.3. The summed E-state index contributed by atoms with van der Waals surface area (Å²) in [5.41, 5.74) is 4.48. The molecule has 0 aliphatic rings. The zero-order valence-electron chi connectivity index (χ0n) is 20.6. The van der Waals surface area contributed by atoms with Gasteiger partial charge in [0, 0.05) is 21.2 Å². The SMILES string of the molecule is CCOc1ccc(C(=O)N/N=C/c2cc(I)c(OCc3ccc(Cl)cc3Cl)c(OCC)c2)cc1OCC. The lowest BCUT2D eigenvalue weighted by Gasteiger charge is -2.15. The molecule has 1 N–H and O–H groups in total. The van der Waals surface area contributed by atoms with E-state index in [9.17, 15) is 4.79 Å². The maximum absolute atomic E-state index is 12.6. The minimum atomic E-state index is -0.375. The number of nitrogens with one attached hydrogen (secondary N) is 1. The van der Waals surface area contributed by atoms with Crippen molar-refractivity contribution < 1.29 is 23.7 Å².